The van der Waals surface area contributed by atoms with E-state index in [0.717, 1.165) is 0 Å². The van der Waals surface area contributed by atoms with Crippen LogP contribution in [0.15, 0.2) is 24.3 Å². The third-order valence-electron chi connectivity index (χ3n) is 3.34. The first-order valence-electron chi connectivity index (χ1n) is 6.84. The van der Waals surface area contributed by atoms with Crippen LogP contribution < -0.4 is 0 Å². The molecule has 1 N–H and O–H groups in total. The van der Waals surface area contributed by atoms with Gasteiger partial charge in [-0.2, -0.15) is 0 Å². The molecule has 1 aliphatic rings. The lowest BCUT2D eigenvalue weighted by atomic mass is 10.1. The van der Waals surface area contributed by atoms with E-state index in [2.05, 4.69) is 0 Å². The molecule has 0 amide bonds. The zero-order valence-electron chi connectivity index (χ0n) is 12.3. The Balaban J connectivity index is 2.03. The third-order valence-corrected chi connectivity index (χ3v) is 5.14. The Morgan fingerprint density at radius 2 is 2.18 bits per heavy atom. The molecule has 7 nitrogen and oxygen atoms in total. The summed E-state index contributed by atoms with van der Waals surface area (Å²) in [4.78, 5) is 10.9. The highest BCUT2D eigenvalue weighted by Crippen LogP contribution is 2.13. The summed E-state index contributed by atoms with van der Waals surface area (Å²) in [6.07, 6.45) is -0.279. The molecule has 1 fully saturated rings. The SMILES string of the molecule is CN(CC1COCCO1)S(=O)(=O)Cc1cccc(C(=O)O)c1. The van der Waals surface area contributed by atoms with Gasteiger partial charge in [0.05, 0.1) is 37.2 Å². The molecule has 1 aromatic carbocycles. The second kappa shape index (κ2) is 7.19. The average Bonchev–Trinajstić information content (AvgIpc) is 2.48. The first kappa shape index (κ1) is 16.9. The molecule has 2 rings (SSSR count). The summed E-state index contributed by atoms with van der Waals surface area (Å²) in [6.45, 7) is 1.56. The van der Waals surface area contributed by atoms with Crippen molar-refractivity contribution < 1.29 is 27.8 Å². The number of nitrogens with zero attached hydrogens (tertiary/aromatic N) is 1. The zero-order valence-corrected chi connectivity index (χ0v) is 13.1. The standard InChI is InChI=1S/C14H19NO6S/c1-15(8-13-9-20-5-6-21-13)22(18,19)10-11-3-2-4-12(7-11)14(16)17/h2-4,7,13H,5-6,8-10H2,1H3,(H,16,17). The van der Waals surface area contributed by atoms with Crippen molar-refractivity contribution in [3.05, 3.63) is 35.4 Å². The molecule has 0 spiro atoms. The molecule has 0 bridgehead atoms. The fourth-order valence-corrected chi connectivity index (χ4v) is 3.37. The van der Waals surface area contributed by atoms with Crippen LogP contribution in [0.5, 0.6) is 0 Å². The highest BCUT2D eigenvalue weighted by Gasteiger charge is 2.24. The predicted octanol–water partition coefficient (Wildman–Crippen LogP) is 0.562. The Morgan fingerprint density at radius 3 is 2.82 bits per heavy atom. The average molecular weight is 329 g/mol. The summed E-state index contributed by atoms with van der Waals surface area (Å²) in [5.41, 5.74) is 0.506. The van der Waals surface area contributed by atoms with Crippen molar-refractivity contribution in [1.82, 2.24) is 4.31 Å². The summed E-state index contributed by atoms with van der Waals surface area (Å²) < 4.78 is 36.6. The van der Waals surface area contributed by atoms with E-state index >= 15 is 0 Å². The molecule has 122 valence electrons. The van der Waals surface area contributed by atoms with Gasteiger partial charge in [0.15, 0.2) is 0 Å². The maximum atomic E-state index is 12.3. The van der Waals surface area contributed by atoms with Crippen molar-refractivity contribution in [2.75, 3.05) is 33.4 Å². The Bertz CT molecular complexity index is 624. The van der Waals surface area contributed by atoms with Gasteiger partial charge in [-0.3, -0.25) is 0 Å². The number of ether oxygens (including phenoxy) is 2. The number of rotatable bonds is 6. The van der Waals surface area contributed by atoms with Crippen LogP contribution in [0.25, 0.3) is 0 Å². The van der Waals surface area contributed by atoms with Crippen molar-refractivity contribution in [2.24, 2.45) is 0 Å². The number of benzene rings is 1. The highest BCUT2D eigenvalue weighted by atomic mass is 32.2. The van der Waals surface area contributed by atoms with E-state index in [-0.39, 0.29) is 24.0 Å². The van der Waals surface area contributed by atoms with Gasteiger partial charge < -0.3 is 14.6 Å². The minimum Gasteiger partial charge on any atom is -0.478 e. The van der Waals surface area contributed by atoms with E-state index in [1.807, 2.05) is 0 Å². The molecular formula is C14H19NO6S. The number of carboxylic acid groups (broad SMARTS) is 1. The Labute approximate surface area is 129 Å². The molecule has 0 aromatic heterocycles. The number of hydrogen-bond donors (Lipinski definition) is 1. The largest absolute Gasteiger partial charge is 0.478 e. The molecule has 0 radical (unpaired) electrons. The highest BCUT2D eigenvalue weighted by molar-refractivity contribution is 7.88. The predicted molar refractivity (Wildman–Crippen MR) is 79.2 cm³/mol. The summed E-state index contributed by atoms with van der Waals surface area (Å²) in [5, 5.41) is 8.94. The van der Waals surface area contributed by atoms with Crippen molar-refractivity contribution in [3.63, 3.8) is 0 Å². The molecular weight excluding hydrogens is 310 g/mol. The second-order valence-electron chi connectivity index (χ2n) is 5.11. The molecule has 22 heavy (non-hydrogen) atoms. The van der Waals surface area contributed by atoms with Gasteiger partial charge in [-0.25, -0.2) is 17.5 Å². The lowest BCUT2D eigenvalue weighted by Gasteiger charge is -2.27. The van der Waals surface area contributed by atoms with Crippen LogP contribution in [0.4, 0.5) is 0 Å². The molecule has 0 aliphatic carbocycles. The van der Waals surface area contributed by atoms with Crippen molar-refractivity contribution in [2.45, 2.75) is 11.9 Å². The minimum atomic E-state index is -3.55. The molecule has 1 atom stereocenters. The molecule has 8 heteroatoms. The second-order valence-corrected chi connectivity index (χ2v) is 7.19. The Hall–Kier alpha value is -1.48. The van der Waals surface area contributed by atoms with Gasteiger partial charge in [-0.15, -0.1) is 0 Å². The lowest BCUT2D eigenvalue weighted by Crippen LogP contribution is -2.41. The number of carbonyl (C=O) groups is 1. The van der Waals surface area contributed by atoms with E-state index in [0.29, 0.717) is 25.4 Å². The summed E-state index contributed by atoms with van der Waals surface area (Å²) in [6, 6.07) is 5.92. The Morgan fingerprint density at radius 1 is 1.41 bits per heavy atom. The van der Waals surface area contributed by atoms with Crippen LogP contribution in [0, 0.1) is 0 Å². The van der Waals surface area contributed by atoms with Gasteiger partial charge in [0, 0.05) is 13.6 Å². The molecule has 1 heterocycles. The monoisotopic (exact) mass is 329 g/mol. The maximum absolute atomic E-state index is 12.3. The Kier molecular flexibility index (Phi) is 5.52. The molecule has 1 aliphatic heterocycles. The number of hydrogen-bond acceptors (Lipinski definition) is 5. The van der Waals surface area contributed by atoms with Crippen LogP contribution >= 0.6 is 0 Å². The van der Waals surface area contributed by atoms with Crippen molar-refractivity contribution in [3.8, 4) is 0 Å². The van der Waals surface area contributed by atoms with E-state index in [1.54, 1.807) is 6.07 Å². The molecule has 1 unspecified atom stereocenters. The minimum absolute atomic E-state index is 0.0689. The first-order chi connectivity index (χ1) is 10.4. The number of sulfonamides is 1. The number of likely N-dealkylation sites (N-methyl/N-ethyl adjacent to an activating group) is 1. The molecule has 0 saturated carbocycles. The smallest absolute Gasteiger partial charge is 0.335 e. The van der Waals surface area contributed by atoms with Gasteiger partial charge in [0.1, 0.15) is 0 Å². The van der Waals surface area contributed by atoms with E-state index in [9.17, 15) is 13.2 Å². The zero-order chi connectivity index (χ0) is 16.2. The van der Waals surface area contributed by atoms with E-state index < -0.39 is 16.0 Å². The van der Waals surface area contributed by atoms with Crippen LogP contribution in [-0.4, -0.2) is 63.3 Å². The fraction of sp³-hybridized carbons (Fsp3) is 0.500. The number of carboxylic acids is 1. The summed E-state index contributed by atoms with van der Waals surface area (Å²) in [7, 11) is -2.07. The topological polar surface area (TPSA) is 93.1 Å². The third kappa shape index (κ3) is 4.51. The number of aromatic carboxylic acids is 1. The van der Waals surface area contributed by atoms with Crippen LogP contribution in [0.3, 0.4) is 0 Å². The molecule has 1 saturated heterocycles. The lowest BCUT2D eigenvalue weighted by molar-refractivity contribution is -0.0909. The normalized spacial score (nSPS) is 19.3. The maximum Gasteiger partial charge on any atom is 0.335 e. The van der Waals surface area contributed by atoms with Gasteiger partial charge in [0.2, 0.25) is 10.0 Å². The van der Waals surface area contributed by atoms with Crippen molar-refractivity contribution >= 4 is 16.0 Å². The van der Waals surface area contributed by atoms with Crippen LogP contribution in [-0.2, 0) is 25.2 Å². The summed E-state index contributed by atoms with van der Waals surface area (Å²) >= 11 is 0. The van der Waals surface area contributed by atoms with E-state index in [1.165, 1.54) is 29.6 Å². The van der Waals surface area contributed by atoms with Crippen LogP contribution in [0.1, 0.15) is 15.9 Å². The van der Waals surface area contributed by atoms with Crippen LogP contribution in [0.2, 0.25) is 0 Å². The quantitative estimate of drug-likeness (QED) is 0.820. The molecule has 1 aromatic rings. The fourth-order valence-electron chi connectivity index (χ4n) is 2.16. The van der Waals surface area contributed by atoms with Gasteiger partial charge in [0.25, 0.3) is 0 Å². The van der Waals surface area contributed by atoms with Crippen molar-refractivity contribution in [1.29, 1.82) is 0 Å². The summed E-state index contributed by atoms with van der Waals surface area (Å²) in [5.74, 6) is -1.33. The van der Waals surface area contributed by atoms with Gasteiger partial charge >= 0.3 is 5.97 Å². The van der Waals surface area contributed by atoms with Gasteiger partial charge in [-0.05, 0) is 17.7 Å². The first-order valence-corrected chi connectivity index (χ1v) is 8.45. The van der Waals surface area contributed by atoms with Gasteiger partial charge in [-0.1, -0.05) is 12.1 Å². The van der Waals surface area contributed by atoms with E-state index in [4.69, 9.17) is 14.6 Å².